The fraction of sp³-hybridized carbons (Fsp3) is 0.0909. The number of aliphatic hydroxyl groups is 1. The minimum absolute atomic E-state index is 0.484. The molecular weight excluding hydrogens is 291 g/mol. The van der Waals surface area contributed by atoms with Gasteiger partial charge in [0, 0.05) is 45.4 Å². The Morgan fingerprint density at radius 2 is 1.75 bits per heavy atom. The van der Waals surface area contributed by atoms with Crippen molar-refractivity contribution in [1.82, 2.24) is 9.97 Å². The highest BCUT2D eigenvalue weighted by Crippen LogP contribution is 2.30. The van der Waals surface area contributed by atoms with E-state index < -0.39 is 6.10 Å². The van der Waals surface area contributed by atoms with Crippen LogP contribution < -0.4 is 0 Å². The monoisotopic (exact) mass is 298 g/mol. The average Bonchev–Trinajstić information content (AvgIpc) is 2.29. The number of nitrogens with zero attached hydrogens (tertiary/aromatic N) is 2. The molecule has 2 rings (SSSR count). The second kappa shape index (κ2) is 4.91. The van der Waals surface area contributed by atoms with E-state index in [0.29, 0.717) is 16.1 Å². The van der Waals surface area contributed by atoms with Gasteiger partial charge in [0.25, 0.3) is 0 Å². The Kier molecular flexibility index (Phi) is 3.53. The molecule has 0 aromatic carbocycles. The molecule has 0 saturated heterocycles. The van der Waals surface area contributed by atoms with Gasteiger partial charge in [-0.1, -0.05) is 27.5 Å². The maximum absolute atomic E-state index is 10.2. The summed E-state index contributed by atoms with van der Waals surface area (Å²) in [6.07, 6.45) is 5.54. The number of halogens is 2. The molecule has 1 unspecified atom stereocenters. The Balaban J connectivity index is 2.44. The van der Waals surface area contributed by atoms with E-state index in [1.165, 1.54) is 0 Å². The molecule has 1 atom stereocenters. The first-order chi connectivity index (χ1) is 7.70. The van der Waals surface area contributed by atoms with Crippen molar-refractivity contribution in [3.63, 3.8) is 0 Å². The summed E-state index contributed by atoms with van der Waals surface area (Å²) in [5, 5.41) is 10.6. The van der Waals surface area contributed by atoms with Crippen LogP contribution in [0, 0.1) is 0 Å². The van der Waals surface area contributed by atoms with Crippen molar-refractivity contribution >= 4 is 27.5 Å². The summed E-state index contributed by atoms with van der Waals surface area (Å²) in [6.45, 7) is 0. The molecule has 0 aliphatic rings. The molecule has 0 radical (unpaired) electrons. The van der Waals surface area contributed by atoms with Crippen LogP contribution >= 0.6 is 27.5 Å². The van der Waals surface area contributed by atoms with Crippen LogP contribution in [0.5, 0.6) is 0 Å². The van der Waals surface area contributed by atoms with Gasteiger partial charge in [-0.2, -0.15) is 0 Å². The van der Waals surface area contributed by atoms with Gasteiger partial charge in [-0.25, -0.2) is 0 Å². The molecule has 0 aliphatic carbocycles. The average molecular weight is 300 g/mol. The lowest BCUT2D eigenvalue weighted by Gasteiger charge is -2.13. The van der Waals surface area contributed by atoms with Crippen molar-refractivity contribution in [2.45, 2.75) is 6.10 Å². The molecule has 0 spiro atoms. The third-order valence-corrected chi connectivity index (χ3v) is 3.25. The van der Waals surface area contributed by atoms with E-state index in [4.69, 9.17) is 11.6 Å². The summed E-state index contributed by atoms with van der Waals surface area (Å²) in [5.41, 5.74) is 1.23. The zero-order chi connectivity index (χ0) is 11.5. The smallest absolute Gasteiger partial charge is 0.110 e. The quantitative estimate of drug-likeness (QED) is 0.927. The fourth-order valence-corrected chi connectivity index (χ4v) is 2.00. The Hall–Kier alpha value is -0.970. The lowest BCUT2D eigenvalue weighted by Crippen LogP contribution is -2.02. The zero-order valence-corrected chi connectivity index (χ0v) is 10.5. The van der Waals surface area contributed by atoms with Crippen molar-refractivity contribution in [3.8, 4) is 0 Å². The minimum atomic E-state index is -0.829. The second-order valence-corrected chi connectivity index (χ2v) is 4.46. The molecule has 0 fully saturated rings. The van der Waals surface area contributed by atoms with Gasteiger partial charge in [-0.15, -0.1) is 0 Å². The van der Waals surface area contributed by atoms with Gasteiger partial charge in [0.05, 0.1) is 0 Å². The van der Waals surface area contributed by atoms with Gasteiger partial charge in [0.1, 0.15) is 6.10 Å². The van der Waals surface area contributed by atoms with Crippen LogP contribution in [0.2, 0.25) is 5.02 Å². The Bertz CT molecular complexity index is 461. The molecule has 0 saturated carbocycles. The lowest BCUT2D eigenvalue weighted by atomic mass is 10.1. The molecule has 5 heteroatoms. The highest BCUT2D eigenvalue weighted by molar-refractivity contribution is 9.10. The van der Waals surface area contributed by atoms with E-state index in [2.05, 4.69) is 25.9 Å². The van der Waals surface area contributed by atoms with Crippen LogP contribution in [-0.4, -0.2) is 15.1 Å². The third kappa shape index (κ3) is 2.24. The van der Waals surface area contributed by atoms with Gasteiger partial charge in [-0.3, -0.25) is 9.97 Å². The summed E-state index contributed by atoms with van der Waals surface area (Å²) in [4.78, 5) is 7.91. The predicted molar refractivity (Wildman–Crippen MR) is 65.2 cm³/mol. The Morgan fingerprint density at radius 3 is 2.38 bits per heavy atom. The van der Waals surface area contributed by atoms with Crippen LogP contribution in [0.3, 0.4) is 0 Å². The van der Waals surface area contributed by atoms with E-state index >= 15 is 0 Å². The van der Waals surface area contributed by atoms with Gasteiger partial charge >= 0.3 is 0 Å². The van der Waals surface area contributed by atoms with Crippen LogP contribution in [0.4, 0.5) is 0 Å². The summed E-state index contributed by atoms with van der Waals surface area (Å²) in [6, 6.07) is 3.41. The zero-order valence-electron chi connectivity index (χ0n) is 8.14. The van der Waals surface area contributed by atoms with Crippen molar-refractivity contribution in [2.24, 2.45) is 0 Å². The predicted octanol–water partition coefficient (Wildman–Crippen LogP) is 2.97. The van der Waals surface area contributed by atoms with Gasteiger partial charge in [-0.05, 0) is 12.1 Å². The van der Waals surface area contributed by atoms with Gasteiger partial charge < -0.3 is 5.11 Å². The van der Waals surface area contributed by atoms with E-state index in [-0.39, 0.29) is 0 Å². The first kappa shape index (κ1) is 11.5. The molecule has 0 bridgehead atoms. The van der Waals surface area contributed by atoms with Crippen molar-refractivity contribution in [2.75, 3.05) is 0 Å². The number of rotatable bonds is 2. The van der Waals surface area contributed by atoms with Crippen LogP contribution in [0.1, 0.15) is 17.2 Å². The van der Waals surface area contributed by atoms with E-state index in [0.717, 1.165) is 4.47 Å². The molecule has 2 heterocycles. The van der Waals surface area contributed by atoms with Crippen LogP contribution in [0.25, 0.3) is 0 Å². The fourth-order valence-electron chi connectivity index (χ4n) is 1.35. The molecule has 3 nitrogen and oxygen atoms in total. The lowest BCUT2D eigenvalue weighted by molar-refractivity contribution is 0.218. The van der Waals surface area contributed by atoms with Crippen molar-refractivity contribution in [3.05, 3.63) is 57.5 Å². The maximum Gasteiger partial charge on any atom is 0.110 e. The molecule has 16 heavy (non-hydrogen) atoms. The summed E-state index contributed by atoms with van der Waals surface area (Å²) < 4.78 is 0.787. The van der Waals surface area contributed by atoms with Crippen molar-refractivity contribution in [1.29, 1.82) is 0 Å². The number of aromatic nitrogens is 2. The molecule has 0 aliphatic heterocycles. The molecule has 2 aromatic rings. The SMILES string of the molecule is OC(c1cnccc1Cl)c1cnccc1Br. The summed E-state index contributed by atoms with van der Waals surface area (Å²) in [5.74, 6) is 0. The number of pyridine rings is 2. The standard InChI is InChI=1S/C11H8BrClN2O/c12-9-1-3-14-5-7(9)11(16)8-6-15-4-2-10(8)13/h1-6,11,16H. The van der Waals surface area contributed by atoms with Gasteiger partial charge in [0.15, 0.2) is 0 Å². The number of hydrogen-bond acceptors (Lipinski definition) is 3. The molecule has 2 aromatic heterocycles. The minimum Gasteiger partial charge on any atom is -0.383 e. The summed E-state index contributed by atoms with van der Waals surface area (Å²) in [7, 11) is 0. The topological polar surface area (TPSA) is 46.0 Å². The van der Waals surface area contributed by atoms with Crippen LogP contribution in [-0.2, 0) is 0 Å². The number of aliphatic hydroxyl groups excluding tert-OH is 1. The molecule has 82 valence electrons. The largest absolute Gasteiger partial charge is 0.383 e. The maximum atomic E-state index is 10.2. The summed E-state index contributed by atoms with van der Waals surface area (Å²) >= 11 is 9.34. The normalized spacial score (nSPS) is 12.4. The Morgan fingerprint density at radius 1 is 1.12 bits per heavy atom. The number of hydrogen-bond donors (Lipinski definition) is 1. The highest BCUT2D eigenvalue weighted by Gasteiger charge is 2.16. The van der Waals surface area contributed by atoms with Gasteiger partial charge in [0.2, 0.25) is 0 Å². The molecule has 1 N–H and O–H groups in total. The van der Waals surface area contributed by atoms with E-state index in [9.17, 15) is 5.11 Å². The first-order valence-corrected chi connectivity index (χ1v) is 5.74. The van der Waals surface area contributed by atoms with Crippen molar-refractivity contribution < 1.29 is 5.11 Å². The van der Waals surface area contributed by atoms with E-state index in [1.54, 1.807) is 36.9 Å². The highest BCUT2D eigenvalue weighted by atomic mass is 79.9. The molecule has 0 amide bonds. The third-order valence-electron chi connectivity index (χ3n) is 2.18. The second-order valence-electron chi connectivity index (χ2n) is 3.20. The first-order valence-electron chi connectivity index (χ1n) is 4.57. The molecular formula is C11H8BrClN2O. The van der Waals surface area contributed by atoms with E-state index in [1.807, 2.05) is 0 Å². The Labute approximate surface area is 106 Å². The van der Waals surface area contributed by atoms with Crippen LogP contribution in [0.15, 0.2) is 41.4 Å².